The topological polar surface area (TPSA) is 157 Å². The van der Waals surface area contributed by atoms with E-state index in [1.165, 1.54) is 13.2 Å². The van der Waals surface area contributed by atoms with Crippen LogP contribution in [0, 0.1) is 31.6 Å². The number of ether oxygens (including phenoxy) is 2. The number of nitriles is 1. The Balaban J connectivity index is 1.82. The van der Waals surface area contributed by atoms with Crippen LogP contribution in [-0.2, 0) is 0 Å². The molecule has 0 radical (unpaired) electrons. The number of nitrogens with one attached hydrogen (secondary N) is 1. The molecular weight excluding hydrogens is 442 g/mol. The molecule has 0 aliphatic heterocycles. The van der Waals surface area contributed by atoms with E-state index >= 15 is 0 Å². The smallest absolute Gasteiger partial charge is 0.318 e. The SMILES string of the molecule is COc1cccc(/C=C(\C#N)c2nc3ccccc3[nH]2)c1Oc1ccc([N+](=O)[O-])cc1[N+](=O)[O-]. The summed E-state index contributed by atoms with van der Waals surface area (Å²) in [5, 5.41) is 32.3. The molecule has 11 heteroatoms. The Labute approximate surface area is 191 Å². The second-order valence-corrected chi connectivity index (χ2v) is 6.92. The lowest BCUT2D eigenvalue weighted by molar-refractivity contribution is -0.394. The fourth-order valence-corrected chi connectivity index (χ4v) is 3.26. The monoisotopic (exact) mass is 457 g/mol. The van der Waals surface area contributed by atoms with Crippen LogP contribution >= 0.6 is 0 Å². The average molecular weight is 457 g/mol. The predicted octanol–water partition coefficient (Wildman–Crippen LogP) is 5.24. The van der Waals surface area contributed by atoms with Crippen molar-refractivity contribution in [1.29, 1.82) is 5.26 Å². The van der Waals surface area contributed by atoms with Crippen LogP contribution in [0.5, 0.6) is 17.2 Å². The third kappa shape index (κ3) is 4.23. The van der Waals surface area contributed by atoms with Crippen LogP contribution in [0.1, 0.15) is 11.4 Å². The van der Waals surface area contributed by atoms with Gasteiger partial charge in [-0.1, -0.05) is 24.3 Å². The first-order valence-corrected chi connectivity index (χ1v) is 9.76. The highest BCUT2D eigenvalue weighted by molar-refractivity contribution is 5.91. The number of methoxy groups -OCH3 is 1. The molecular formula is C23H15N5O6. The molecule has 0 spiro atoms. The van der Waals surface area contributed by atoms with Gasteiger partial charge in [0, 0.05) is 11.6 Å². The first kappa shape index (κ1) is 22.0. The largest absolute Gasteiger partial charge is 0.493 e. The Morgan fingerprint density at radius 3 is 2.53 bits per heavy atom. The summed E-state index contributed by atoms with van der Waals surface area (Å²) < 4.78 is 11.2. The molecule has 0 atom stereocenters. The van der Waals surface area contributed by atoms with Crippen LogP contribution < -0.4 is 9.47 Å². The van der Waals surface area contributed by atoms with Crippen molar-refractivity contribution in [1.82, 2.24) is 9.97 Å². The molecule has 0 fully saturated rings. The minimum absolute atomic E-state index is 0.0887. The highest BCUT2D eigenvalue weighted by Gasteiger charge is 2.23. The van der Waals surface area contributed by atoms with Crippen molar-refractivity contribution in [3.8, 4) is 23.3 Å². The minimum atomic E-state index is -0.775. The summed E-state index contributed by atoms with van der Waals surface area (Å²) >= 11 is 0. The molecule has 11 nitrogen and oxygen atoms in total. The molecule has 0 aliphatic carbocycles. The highest BCUT2D eigenvalue weighted by atomic mass is 16.6. The molecule has 34 heavy (non-hydrogen) atoms. The maximum absolute atomic E-state index is 11.5. The number of nitro benzene ring substituents is 2. The number of hydrogen-bond acceptors (Lipinski definition) is 8. The highest BCUT2D eigenvalue weighted by Crippen LogP contribution is 2.41. The Bertz CT molecular complexity index is 1470. The van der Waals surface area contributed by atoms with Crippen LogP contribution in [-0.4, -0.2) is 26.9 Å². The number of imidazole rings is 1. The molecule has 1 heterocycles. The third-order valence-corrected chi connectivity index (χ3v) is 4.86. The van der Waals surface area contributed by atoms with Crippen LogP contribution in [0.25, 0.3) is 22.7 Å². The van der Waals surface area contributed by atoms with Gasteiger partial charge in [-0.05, 0) is 30.3 Å². The third-order valence-electron chi connectivity index (χ3n) is 4.86. The fourth-order valence-electron chi connectivity index (χ4n) is 3.26. The van der Waals surface area contributed by atoms with Gasteiger partial charge >= 0.3 is 5.69 Å². The van der Waals surface area contributed by atoms with E-state index in [9.17, 15) is 25.5 Å². The summed E-state index contributed by atoms with van der Waals surface area (Å²) in [6, 6.07) is 17.3. The zero-order valence-electron chi connectivity index (χ0n) is 17.6. The number of aromatic nitrogens is 2. The van der Waals surface area contributed by atoms with Crippen molar-refractivity contribution in [2.75, 3.05) is 7.11 Å². The number of para-hydroxylation sites is 3. The molecule has 1 N–H and O–H groups in total. The second-order valence-electron chi connectivity index (χ2n) is 6.92. The number of hydrogen-bond donors (Lipinski definition) is 1. The van der Waals surface area contributed by atoms with E-state index in [2.05, 4.69) is 16.0 Å². The molecule has 0 amide bonds. The van der Waals surface area contributed by atoms with Gasteiger partial charge in [-0.15, -0.1) is 0 Å². The summed E-state index contributed by atoms with van der Waals surface area (Å²) in [5.41, 5.74) is 0.963. The van der Waals surface area contributed by atoms with E-state index in [1.807, 2.05) is 18.2 Å². The van der Waals surface area contributed by atoms with E-state index < -0.39 is 21.2 Å². The first-order valence-electron chi connectivity index (χ1n) is 9.76. The van der Waals surface area contributed by atoms with Gasteiger partial charge in [-0.3, -0.25) is 20.2 Å². The van der Waals surface area contributed by atoms with Gasteiger partial charge in [0.2, 0.25) is 5.75 Å². The van der Waals surface area contributed by atoms with Crippen LogP contribution in [0.3, 0.4) is 0 Å². The molecule has 0 saturated carbocycles. The number of nitrogens with zero attached hydrogens (tertiary/aromatic N) is 4. The molecule has 3 aromatic carbocycles. The molecule has 0 saturated heterocycles. The minimum Gasteiger partial charge on any atom is -0.493 e. The number of allylic oxidation sites excluding steroid dienone is 1. The fraction of sp³-hybridized carbons (Fsp3) is 0.0435. The van der Waals surface area contributed by atoms with Gasteiger partial charge in [0.25, 0.3) is 5.69 Å². The number of non-ortho nitro benzene ring substituents is 1. The molecule has 0 unspecified atom stereocenters. The molecule has 168 valence electrons. The normalized spacial score (nSPS) is 11.1. The van der Waals surface area contributed by atoms with Gasteiger partial charge in [0.15, 0.2) is 11.5 Å². The zero-order chi connectivity index (χ0) is 24.2. The van der Waals surface area contributed by atoms with Crippen molar-refractivity contribution in [3.05, 3.63) is 92.3 Å². The Morgan fingerprint density at radius 1 is 1.06 bits per heavy atom. The van der Waals surface area contributed by atoms with Gasteiger partial charge in [0.05, 0.1) is 39.6 Å². The molecule has 4 rings (SSSR count). The van der Waals surface area contributed by atoms with Crippen molar-refractivity contribution in [3.63, 3.8) is 0 Å². The predicted molar refractivity (Wildman–Crippen MR) is 122 cm³/mol. The lowest BCUT2D eigenvalue weighted by Crippen LogP contribution is -1.98. The Hall–Kier alpha value is -5.24. The van der Waals surface area contributed by atoms with Gasteiger partial charge in [-0.25, -0.2) is 4.98 Å². The van der Waals surface area contributed by atoms with Crippen molar-refractivity contribution < 1.29 is 19.3 Å². The molecule has 0 bridgehead atoms. The zero-order valence-corrected chi connectivity index (χ0v) is 17.6. The number of nitro groups is 2. The van der Waals surface area contributed by atoms with Crippen LogP contribution in [0.15, 0.2) is 60.7 Å². The summed E-state index contributed by atoms with van der Waals surface area (Å²) in [7, 11) is 1.39. The maximum Gasteiger partial charge on any atom is 0.318 e. The molecule has 0 aliphatic rings. The van der Waals surface area contributed by atoms with Gasteiger partial charge in [-0.2, -0.15) is 5.26 Å². The number of rotatable bonds is 7. The lowest BCUT2D eigenvalue weighted by atomic mass is 10.1. The Kier molecular flexibility index (Phi) is 5.88. The van der Waals surface area contributed by atoms with E-state index in [0.29, 0.717) is 16.9 Å². The maximum atomic E-state index is 11.5. The standard InChI is InChI=1S/C23H15N5O6/c1-33-21-8-4-5-14(11-15(13-24)23-25-17-6-2-3-7-18(17)26-23)22(21)34-20-10-9-16(27(29)30)12-19(20)28(31)32/h2-12H,1H3,(H,25,26)/b15-11+. The molecule has 1 aromatic heterocycles. The number of aromatic amines is 1. The summed E-state index contributed by atoms with van der Waals surface area (Å²) in [6.07, 6.45) is 1.51. The van der Waals surface area contributed by atoms with E-state index in [-0.39, 0.29) is 22.8 Å². The first-order chi connectivity index (χ1) is 16.4. The van der Waals surface area contributed by atoms with Crippen molar-refractivity contribution in [2.24, 2.45) is 0 Å². The van der Waals surface area contributed by atoms with Gasteiger partial charge in [0.1, 0.15) is 11.9 Å². The summed E-state index contributed by atoms with van der Waals surface area (Å²) in [6.45, 7) is 0. The van der Waals surface area contributed by atoms with E-state index in [4.69, 9.17) is 9.47 Å². The molecule has 4 aromatic rings. The number of benzene rings is 3. The number of fused-ring (bicyclic) bond motifs is 1. The summed E-state index contributed by atoms with van der Waals surface area (Å²) in [4.78, 5) is 28.5. The average Bonchev–Trinajstić information content (AvgIpc) is 3.27. The van der Waals surface area contributed by atoms with Crippen molar-refractivity contribution >= 4 is 34.1 Å². The summed E-state index contributed by atoms with van der Waals surface area (Å²) in [5.74, 6) is 0.435. The second kappa shape index (κ2) is 9.09. The van der Waals surface area contributed by atoms with Crippen molar-refractivity contribution in [2.45, 2.75) is 0 Å². The quantitative estimate of drug-likeness (QED) is 0.224. The van der Waals surface area contributed by atoms with E-state index in [1.54, 1.807) is 24.3 Å². The van der Waals surface area contributed by atoms with Gasteiger partial charge < -0.3 is 14.5 Å². The van der Waals surface area contributed by atoms with E-state index in [0.717, 1.165) is 23.7 Å². The van der Waals surface area contributed by atoms with Crippen LogP contribution in [0.2, 0.25) is 0 Å². The lowest BCUT2D eigenvalue weighted by Gasteiger charge is -2.13. The number of H-pyrrole nitrogens is 1. The Morgan fingerprint density at radius 2 is 1.85 bits per heavy atom. The van der Waals surface area contributed by atoms with Crippen LogP contribution in [0.4, 0.5) is 11.4 Å².